The van der Waals surface area contributed by atoms with Gasteiger partial charge in [-0.05, 0) is 89.3 Å². The number of nitrogens with one attached hydrogen (secondary N) is 2. The number of alkyl halides is 3. The molecule has 1 aromatic heterocycles. The van der Waals surface area contributed by atoms with E-state index < -0.39 is 85.9 Å². The van der Waals surface area contributed by atoms with Gasteiger partial charge >= 0.3 is 12.3 Å². The first-order chi connectivity index (χ1) is 28.0. The van der Waals surface area contributed by atoms with Crippen LogP contribution in [0.25, 0.3) is 10.8 Å². The van der Waals surface area contributed by atoms with E-state index in [2.05, 4.69) is 15.0 Å². The molecule has 4 heterocycles. The number of hydrogen-bond acceptors (Lipinski definition) is 10. The van der Waals surface area contributed by atoms with Crippen LogP contribution in [-0.4, -0.2) is 119 Å². The van der Waals surface area contributed by atoms with Crippen molar-refractivity contribution in [1.82, 2.24) is 24.8 Å². The number of hydrogen-bond donors (Lipinski definition) is 3. The van der Waals surface area contributed by atoms with Crippen molar-refractivity contribution in [3.63, 3.8) is 0 Å². The molecule has 328 valence electrons. The van der Waals surface area contributed by atoms with Crippen LogP contribution in [0.1, 0.15) is 79.6 Å². The third kappa shape index (κ3) is 7.70. The third-order valence-electron chi connectivity index (χ3n) is 13.2. The van der Waals surface area contributed by atoms with E-state index in [1.165, 1.54) is 20.0 Å². The highest BCUT2D eigenvalue weighted by Gasteiger charge is 2.64. The fraction of sp³-hybridized carbons (Fsp3) is 0.634. The molecule has 3 N–H and O–H groups in total. The lowest BCUT2D eigenvalue weighted by Crippen LogP contribution is -2.66. The molecular weight excluding hydrogens is 810 g/mol. The maximum atomic E-state index is 15.1. The fourth-order valence-corrected chi connectivity index (χ4v) is 10.2. The summed E-state index contributed by atoms with van der Waals surface area (Å²) in [4.78, 5) is 64.3. The molecule has 0 bridgehead atoms. The number of carboxylic acid groups (broad SMARTS) is 1. The van der Waals surface area contributed by atoms with Gasteiger partial charge in [0, 0.05) is 36.4 Å². The molecule has 3 fully saturated rings. The summed E-state index contributed by atoms with van der Waals surface area (Å²) in [5, 5.41) is 14.5. The smallest absolute Gasteiger partial charge is 0.411 e. The number of carbonyl (C=O) groups is 4. The van der Waals surface area contributed by atoms with Crippen LogP contribution in [0.4, 0.5) is 23.7 Å². The molecule has 15 nitrogen and oxygen atoms in total. The maximum absolute atomic E-state index is 15.1. The van der Waals surface area contributed by atoms with E-state index in [-0.39, 0.29) is 42.5 Å². The van der Waals surface area contributed by atoms with Gasteiger partial charge in [-0.25, -0.2) is 18.2 Å². The van der Waals surface area contributed by atoms with Gasteiger partial charge < -0.3 is 29.7 Å². The molecule has 2 aromatic rings. The van der Waals surface area contributed by atoms with Crippen molar-refractivity contribution in [2.75, 3.05) is 31.6 Å². The van der Waals surface area contributed by atoms with Crippen molar-refractivity contribution in [3.05, 3.63) is 36.5 Å². The zero-order chi connectivity index (χ0) is 43.7. The molecule has 60 heavy (non-hydrogen) atoms. The third-order valence-corrected chi connectivity index (χ3v) is 15.3. The highest BCUT2D eigenvalue weighted by Crippen LogP contribution is 2.48. The Morgan fingerprint density at radius 1 is 1.12 bits per heavy atom. The number of sulfonamides is 1. The molecule has 1 aromatic carbocycles. The number of allylic oxidation sites excluding steroid dienone is 1. The minimum Gasteiger partial charge on any atom is -0.489 e. The monoisotopic (exact) mass is 862 g/mol. The Balaban J connectivity index is 1.29. The Kier molecular flexibility index (Phi) is 11.0. The predicted octanol–water partition coefficient (Wildman–Crippen LogP) is 4.99. The first-order valence-corrected chi connectivity index (χ1v) is 21.9. The molecule has 19 heteroatoms. The molecule has 2 saturated carbocycles. The van der Waals surface area contributed by atoms with Crippen molar-refractivity contribution in [2.24, 2.45) is 17.8 Å². The Labute approximate surface area is 347 Å². The van der Waals surface area contributed by atoms with E-state index in [0.29, 0.717) is 69.2 Å². The van der Waals surface area contributed by atoms with Gasteiger partial charge in [0.25, 0.3) is 5.91 Å². The summed E-state index contributed by atoms with van der Waals surface area (Å²) in [7, 11) is -2.19. The van der Waals surface area contributed by atoms with Crippen LogP contribution < -0.4 is 24.4 Å². The number of pyridine rings is 1. The Morgan fingerprint density at radius 2 is 1.83 bits per heavy atom. The van der Waals surface area contributed by atoms with E-state index in [0.717, 1.165) is 10.6 Å². The second-order valence-electron chi connectivity index (χ2n) is 18.0. The van der Waals surface area contributed by atoms with Crippen LogP contribution in [0.2, 0.25) is 0 Å². The number of rotatable bonds is 7. The van der Waals surface area contributed by atoms with Gasteiger partial charge in [0.2, 0.25) is 27.7 Å². The first-order valence-electron chi connectivity index (χ1n) is 20.4. The van der Waals surface area contributed by atoms with Crippen molar-refractivity contribution < 1.29 is 55.3 Å². The number of ether oxygens (including phenoxy) is 2. The van der Waals surface area contributed by atoms with Gasteiger partial charge in [0.1, 0.15) is 35.9 Å². The number of amides is 4. The predicted molar refractivity (Wildman–Crippen MR) is 214 cm³/mol. The Hall–Kier alpha value is -4.81. The summed E-state index contributed by atoms with van der Waals surface area (Å²) in [5.41, 5.74) is -3.90. The van der Waals surface area contributed by atoms with Crippen molar-refractivity contribution in [1.29, 1.82) is 0 Å². The molecule has 2 aliphatic carbocycles. The summed E-state index contributed by atoms with van der Waals surface area (Å²) in [5.74, 6) is -3.85. The minimum atomic E-state index is -5.09. The number of likely N-dealkylation sites (N-methyl/N-ethyl adjacent to an activating group) is 1. The van der Waals surface area contributed by atoms with E-state index >= 15 is 4.79 Å². The maximum Gasteiger partial charge on any atom is 0.411 e. The van der Waals surface area contributed by atoms with Gasteiger partial charge in [0.15, 0.2) is 5.75 Å². The van der Waals surface area contributed by atoms with Crippen molar-refractivity contribution in [3.8, 4) is 11.6 Å². The molecule has 7 rings (SSSR count). The second-order valence-corrected chi connectivity index (χ2v) is 20.2. The summed E-state index contributed by atoms with van der Waals surface area (Å²) in [6, 6.07) is 2.04. The number of carbonyl (C=O) groups excluding carboxylic acids is 3. The topological polar surface area (TPSA) is 188 Å². The lowest BCUT2D eigenvalue weighted by atomic mass is 9.85. The lowest BCUT2D eigenvalue weighted by molar-refractivity contribution is -0.222. The van der Waals surface area contributed by atoms with Crippen LogP contribution in [0, 0.1) is 17.8 Å². The molecule has 4 amide bonds. The molecule has 0 unspecified atom stereocenters. The minimum absolute atomic E-state index is 0.0528. The summed E-state index contributed by atoms with van der Waals surface area (Å²) < 4.78 is 84.2. The quantitative estimate of drug-likeness (QED) is 0.319. The van der Waals surface area contributed by atoms with Gasteiger partial charge in [-0.15, -0.1) is 0 Å². The standard InChI is InChI=1S/C41H53F3N6O9S/c1-23-9-7-8-10-25-21-40(25,36(53)47-60(56,57)39(5)14-15-39)46-33(51)30-20-26(59-34-28-11-12-29-32(27(28)13-16-45-34)58-18-17-48(29)6)22-49(30)35(52)31(24(2)19-23)50(37(54)55)38(3,4)41(42,43)44/h8,10-13,16,23-26,30-31H,7,9,14-15,17-22H2,1-6H3,(H,46,51)(H,47,53)(H,54,55)/b10-8-/t23-,24-,25-,26-,30+,31+,40-/m1/s1. The average Bonchev–Trinajstić information content (AvgIpc) is 4.04. The van der Waals surface area contributed by atoms with E-state index in [1.807, 2.05) is 31.0 Å². The van der Waals surface area contributed by atoms with Crippen LogP contribution >= 0.6 is 0 Å². The van der Waals surface area contributed by atoms with E-state index in [9.17, 15) is 41.1 Å². The van der Waals surface area contributed by atoms with Crippen LogP contribution in [-0.2, 0) is 24.4 Å². The second kappa shape index (κ2) is 15.3. The fourth-order valence-electron chi connectivity index (χ4n) is 8.88. The zero-order valence-electron chi connectivity index (χ0n) is 34.5. The number of fused-ring (bicyclic) bond motifs is 5. The highest BCUT2D eigenvalue weighted by molar-refractivity contribution is 7.91. The van der Waals surface area contributed by atoms with Gasteiger partial charge in [-0.2, -0.15) is 13.2 Å². The Morgan fingerprint density at radius 3 is 2.50 bits per heavy atom. The number of halogens is 3. The number of benzene rings is 1. The molecule has 0 radical (unpaired) electrons. The summed E-state index contributed by atoms with van der Waals surface area (Å²) >= 11 is 0. The van der Waals surface area contributed by atoms with Crippen molar-refractivity contribution in [2.45, 2.75) is 120 Å². The zero-order valence-corrected chi connectivity index (χ0v) is 35.4. The molecule has 7 atom stereocenters. The first kappa shape index (κ1) is 43.3. The Bertz CT molecular complexity index is 2220. The summed E-state index contributed by atoms with van der Waals surface area (Å²) in [6.07, 6.45) is -1.30. The molecule has 1 saturated heterocycles. The largest absolute Gasteiger partial charge is 0.489 e. The lowest BCUT2D eigenvalue weighted by Gasteiger charge is -2.45. The molecule has 3 aliphatic heterocycles. The van der Waals surface area contributed by atoms with Gasteiger partial charge in [0.05, 0.1) is 23.5 Å². The molecule has 5 aliphatic rings. The number of aromatic nitrogens is 1. The van der Waals surface area contributed by atoms with Crippen molar-refractivity contribution >= 4 is 50.3 Å². The number of nitrogens with zero attached hydrogens (tertiary/aromatic N) is 4. The van der Waals surface area contributed by atoms with E-state index in [1.54, 1.807) is 18.2 Å². The van der Waals surface area contributed by atoms with Crippen LogP contribution in [0.5, 0.6) is 11.6 Å². The average molecular weight is 863 g/mol. The SMILES string of the molecule is C[C@@H]1CC/C=C\[C@@H]2C[C@@]2(C(=O)NS(=O)(=O)C2(C)CC2)NC(=O)[C@@H]2C[C@@H](Oc3nccc4c5c(ccc34)N(C)CCO5)CN2C(=O)[C@@H](N(C(=O)O)C(C)(C)C(F)(F)F)[C@H](C)C1. The number of anilines is 1. The molecule has 0 spiro atoms. The van der Waals surface area contributed by atoms with Gasteiger partial charge in [-0.3, -0.25) is 24.0 Å². The van der Waals surface area contributed by atoms with Gasteiger partial charge in [-0.1, -0.05) is 26.0 Å². The molecular formula is C41H53F3N6O9S. The highest BCUT2D eigenvalue weighted by atomic mass is 32.2. The van der Waals surface area contributed by atoms with Crippen LogP contribution in [0.3, 0.4) is 0 Å². The summed E-state index contributed by atoms with van der Waals surface area (Å²) in [6.45, 7) is 7.06. The normalized spacial score (nSPS) is 30.0. The van der Waals surface area contributed by atoms with Crippen LogP contribution in [0.15, 0.2) is 36.5 Å². The van der Waals surface area contributed by atoms with E-state index in [4.69, 9.17) is 9.47 Å².